The lowest BCUT2D eigenvalue weighted by Gasteiger charge is -2.26. The molecule has 2 aliphatic carbocycles. The van der Waals surface area contributed by atoms with Gasteiger partial charge in [0.15, 0.2) is 0 Å². The van der Waals surface area contributed by atoms with Gasteiger partial charge in [0, 0.05) is 10.9 Å². The summed E-state index contributed by atoms with van der Waals surface area (Å²) in [6.45, 7) is 1.91. The fraction of sp³-hybridized carbons (Fsp3) is 0.450. The average molecular weight is 403 g/mol. The first-order valence-corrected chi connectivity index (χ1v) is 10.2. The van der Waals surface area contributed by atoms with Crippen LogP contribution in [0.2, 0.25) is 0 Å². The van der Waals surface area contributed by atoms with Gasteiger partial charge in [0.05, 0.1) is 24.7 Å². The van der Waals surface area contributed by atoms with Gasteiger partial charge in [-0.3, -0.25) is 9.59 Å². The number of hydrogen-bond donors (Lipinski definition) is 2. The van der Waals surface area contributed by atoms with Crippen LogP contribution in [0.25, 0.3) is 11.3 Å². The van der Waals surface area contributed by atoms with Crippen LogP contribution in [0.4, 0.5) is 5.00 Å². The van der Waals surface area contributed by atoms with E-state index in [0.29, 0.717) is 16.3 Å². The maximum absolute atomic E-state index is 13.0. The molecule has 2 heterocycles. The van der Waals surface area contributed by atoms with Crippen LogP contribution in [0.5, 0.6) is 0 Å². The van der Waals surface area contributed by atoms with Gasteiger partial charge in [-0.2, -0.15) is 0 Å². The molecule has 0 aliphatic heterocycles. The van der Waals surface area contributed by atoms with Gasteiger partial charge in [0.2, 0.25) is 5.91 Å². The van der Waals surface area contributed by atoms with Crippen LogP contribution in [0.1, 0.15) is 36.5 Å². The highest BCUT2D eigenvalue weighted by Crippen LogP contribution is 2.53. The molecule has 4 rings (SSSR count). The summed E-state index contributed by atoms with van der Waals surface area (Å²) in [7, 11) is 0. The molecule has 28 heavy (non-hydrogen) atoms. The molecule has 2 aromatic rings. The Balaban J connectivity index is 1.63. The number of furan rings is 1. The van der Waals surface area contributed by atoms with Crippen LogP contribution >= 0.6 is 11.3 Å². The van der Waals surface area contributed by atoms with Crippen molar-refractivity contribution in [3.8, 4) is 11.3 Å². The number of fused-ring (bicyclic) bond motifs is 2. The first-order valence-electron chi connectivity index (χ1n) is 9.37. The van der Waals surface area contributed by atoms with Gasteiger partial charge in [-0.15, -0.1) is 11.3 Å². The predicted octanol–water partition coefficient (Wildman–Crippen LogP) is 3.87. The second kappa shape index (κ2) is 7.43. The number of carbonyl (C=O) groups excluding carboxylic acids is 2. The van der Waals surface area contributed by atoms with Crippen molar-refractivity contribution in [1.29, 1.82) is 0 Å². The third-order valence-corrected chi connectivity index (χ3v) is 6.69. The number of thiophene rings is 1. The van der Waals surface area contributed by atoms with Gasteiger partial charge in [0.25, 0.3) is 0 Å². The zero-order chi connectivity index (χ0) is 19.8. The molecular weight excluding hydrogens is 382 g/mol. The zero-order valence-electron chi connectivity index (χ0n) is 15.3. The molecule has 2 fully saturated rings. The Labute approximate surface area is 165 Å². The number of carboxylic acids is 1. The van der Waals surface area contributed by atoms with E-state index in [9.17, 15) is 19.5 Å². The quantitative estimate of drug-likeness (QED) is 0.709. The van der Waals surface area contributed by atoms with E-state index in [4.69, 9.17) is 9.15 Å². The molecule has 148 valence electrons. The van der Waals surface area contributed by atoms with Gasteiger partial charge in [-0.25, -0.2) is 4.79 Å². The summed E-state index contributed by atoms with van der Waals surface area (Å²) < 4.78 is 10.6. The van der Waals surface area contributed by atoms with Crippen LogP contribution in [-0.2, 0) is 14.3 Å². The van der Waals surface area contributed by atoms with Gasteiger partial charge in [-0.05, 0) is 50.2 Å². The lowest BCUT2D eigenvalue weighted by atomic mass is 9.79. The second-order valence-electron chi connectivity index (χ2n) is 7.26. The van der Waals surface area contributed by atoms with Crippen molar-refractivity contribution in [3.05, 3.63) is 29.3 Å². The van der Waals surface area contributed by atoms with E-state index in [1.54, 1.807) is 24.4 Å². The van der Waals surface area contributed by atoms with Crippen molar-refractivity contribution in [2.75, 3.05) is 11.9 Å². The number of carbonyl (C=O) groups is 3. The highest BCUT2D eigenvalue weighted by molar-refractivity contribution is 7.15. The van der Waals surface area contributed by atoms with E-state index in [1.807, 2.05) is 0 Å². The first-order chi connectivity index (χ1) is 13.5. The zero-order valence-corrected chi connectivity index (χ0v) is 16.2. The Morgan fingerprint density at radius 1 is 1.29 bits per heavy atom. The van der Waals surface area contributed by atoms with Gasteiger partial charge >= 0.3 is 11.9 Å². The van der Waals surface area contributed by atoms with Gasteiger partial charge in [-0.1, -0.05) is 0 Å². The highest BCUT2D eigenvalue weighted by Gasteiger charge is 2.54. The lowest BCUT2D eigenvalue weighted by molar-refractivity contribution is -0.148. The van der Waals surface area contributed by atoms with Crippen molar-refractivity contribution in [2.45, 2.75) is 26.2 Å². The number of nitrogens with one attached hydrogen (secondary N) is 1. The molecule has 0 unspecified atom stereocenters. The van der Waals surface area contributed by atoms with Crippen molar-refractivity contribution in [3.63, 3.8) is 0 Å². The molecule has 0 saturated heterocycles. The fourth-order valence-corrected chi connectivity index (χ4v) is 5.63. The smallest absolute Gasteiger partial charge is 0.341 e. The molecule has 2 aliphatic rings. The molecular formula is C20H21NO6S. The Hall–Kier alpha value is -2.61. The first kappa shape index (κ1) is 18.7. The Kier molecular flexibility index (Phi) is 4.97. The summed E-state index contributed by atoms with van der Waals surface area (Å²) in [5.74, 6) is -2.38. The van der Waals surface area contributed by atoms with Crippen LogP contribution in [0.15, 0.2) is 28.2 Å². The van der Waals surface area contributed by atoms with Crippen molar-refractivity contribution >= 4 is 34.2 Å². The van der Waals surface area contributed by atoms with Crippen LogP contribution in [0.3, 0.4) is 0 Å². The minimum Gasteiger partial charge on any atom is -0.481 e. The SMILES string of the molecule is CCOC(=O)c1c(-c2ccco2)csc1NC(=O)[C@H]1[C@H]2CC[C@@H](C2)[C@@H]1C(=O)O. The molecule has 7 nitrogen and oxygen atoms in total. The van der Waals surface area contributed by atoms with E-state index in [-0.39, 0.29) is 29.9 Å². The molecule has 0 aromatic carbocycles. The lowest BCUT2D eigenvalue weighted by Crippen LogP contribution is -2.37. The molecule has 2 bridgehead atoms. The van der Waals surface area contributed by atoms with Gasteiger partial charge in [0.1, 0.15) is 16.3 Å². The minimum absolute atomic E-state index is 0.0600. The topological polar surface area (TPSA) is 106 Å². The molecule has 0 radical (unpaired) electrons. The van der Waals surface area contributed by atoms with E-state index < -0.39 is 23.8 Å². The summed E-state index contributed by atoms with van der Waals surface area (Å²) >= 11 is 1.21. The summed E-state index contributed by atoms with van der Waals surface area (Å²) in [5, 5.41) is 14.5. The summed E-state index contributed by atoms with van der Waals surface area (Å²) in [6.07, 6.45) is 4.02. The minimum atomic E-state index is -0.916. The number of anilines is 1. The molecule has 8 heteroatoms. The van der Waals surface area contributed by atoms with Crippen molar-refractivity contribution < 1.29 is 28.6 Å². The number of rotatable bonds is 6. The number of esters is 1. The van der Waals surface area contributed by atoms with Crippen LogP contribution in [0, 0.1) is 23.7 Å². The van der Waals surface area contributed by atoms with E-state index in [1.165, 1.54) is 17.6 Å². The average Bonchev–Trinajstić information content (AvgIpc) is 3.43. The molecule has 4 atom stereocenters. The summed E-state index contributed by atoms with van der Waals surface area (Å²) in [6, 6.07) is 3.44. The Morgan fingerprint density at radius 2 is 2.04 bits per heavy atom. The van der Waals surface area contributed by atoms with E-state index >= 15 is 0 Å². The van der Waals surface area contributed by atoms with Gasteiger partial charge < -0.3 is 19.6 Å². The normalized spacial score (nSPS) is 25.6. The number of carboxylic acid groups (broad SMARTS) is 1. The number of hydrogen-bond acceptors (Lipinski definition) is 6. The molecule has 2 N–H and O–H groups in total. The third-order valence-electron chi connectivity index (χ3n) is 5.80. The Morgan fingerprint density at radius 3 is 2.68 bits per heavy atom. The third kappa shape index (κ3) is 3.11. The van der Waals surface area contributed by atoms with E-state index in [2.05, 4.69) is 5.32 Å². The second-order valence-corrected chi connectivity index (χ2v) is 8.14. The molecule has 2 saturated carbocycles. The Bertz CT molecular complexity index is 902. The predicted molar refractivity (Wildman–Crippen MR) is 102 cm³/mol. The summed E-state index contributed by atoms with van der Waals surface area (Å²) in [5.41, 5.74) is 0.789. The summed E-state index contributed by atoms with van der Waals surface area (Å²) in [4.78, 5) is 37.3. The largest absolute Gasteiger partial charge is 0.481 e. The van der Waals surface area contributed by atoms with Crippen LogP contribution in [-0.4, -0.2) is 29.6 Å². The standard InChI is InChI=1S/C20H21NO6S/c1-2-26-20(25)16-12(13-4-3-7-27-13)9-28-18(16)21-17(22)14-10-5-6-11(8-10)15(14)19(23)24/h3-4,7,9-11,14-15H,2,5-6,8H2,1H3,(H,21,22)(H,23,24)/t10-,11-,14-,15-/m0/s1. The molecule has 1 amide bonds. The monoisotopic (exact) mass is 403 g/mol. The maximum atomic E-state index is 13.0. The highest BCUT2D eigenvalue weighted by atomic mass is 32.1. The molecule has 0 spiro atoms. The number of aliphatic carboxylic acids is 1. The van der Waals surface area contributed by atoms with Crippen molar-refractivity contribution in [1.82, 2.24) is 0 Å². The number of amides is 1. The van der Waals surface area contributed by atoms with Crippen molar-refractivity contribution in [2.24, 2.45) is 23.7 Å². The maximum Gasteiger partial charge on any atom is 0.341 e. The number of ether oxygens (including phenoxy) is 1. The van der Waals surface area contributed by atoms with E-state index in [0.717, 1.165) is 19.3 Å². The fourth-order valence-electron chi connectivity index (χ4n) is 4.69. The molecule has 2 aromatic heterocycles. The van der Waals surface area contributed by atoms with Crippen LogP contribution < -0.4 is 5.32 Å².